The van der Waals surface area contributed by atoms with E-state index in [0.717, 1.165) is 48.7 Å². The molecule has 0 saturated heterocycles. The van der Waals surface area contributed by atoms with E-state index < -0.39 is 5.67 Å². The van der Waals surface area contributed by atoms with E-state index in [2.05, 4.69) is 21.1 Å². The Morgan fingerprint density at radius 3 is 2.30 bits per heavy atom. The van der Waals surface area contributed by atoms with Crippen molar-refractivity contribution in [2.75, 3.05) is 11.4 Å². The van der Waals surface area contributed by atoms with Gasteiger partial charge in [-0.3, -0.25) is 4.79 Å². The third-order valence-corrected chi connectivity index (χ3v) is 9.06. The minimum atomic E-state index is -0.982. The van der Waals surface area contributed by atoms with E-state index in [1.807, 2.05) is 29.2 Å². The molecule has 30 heavy (non-hydrogen) atoms. The zero-order valence-corrected chi connectivity index (χ0v) is 18.8. The summed E-state index contributed by atoms with van der Waals surface area (Å²) in [5, 5.41) is 12.5. The van der Waals surface area contributed by atoms with Crippen molar-refractivity contribution in [2.24, 2.45) is 27.1 Å². The van der Waals surface area contributed by atoms with Crippen LogP contribution in [0.1, 0.15) is 64.2 Å². The number of benzene rings is 1. The number of alkyl halides is 1. The Labute approximate surface area is 185 Å². The summed E-state index contributed by atoms with van der Waals surface area (Å²) in [6, 6.07) is 7.91. The number of halogens is 2. The first kappa shape index (κ1) is 20.3. The lowest BCUT2D eigenvalue weighted by molar-refractivity contribution is -0.215. The van der Waals surface area contributed by atoms with Crippen LogP contribution in [0.5, 0.6) is 0 Å². The first-order chi connectivity index (χ1) is 14.2. The molecule has 0 radical (unpaired) electrons. The van der Waals surface area contributed by atoms with Gasteiger partial charge < -0.3 is 15.8 Å². The molecule has 3 N–H and O–H groups in total. The number of fused-ring (bicyclic) bond motifs is 3. The molecule has 6 aliphatic carbocycles. The second-order valence-corrected chi connectivity index (χ2v) is 11.5. The van der Waals surface area contributed by atoms with E-state index in [-0.39, 0.29) is 22.2 Å². The number of nitrogens with zero attached hydrogens (tertiary/aromatic N) is 2. The summed E-state index contributed by atoms with van der Waals surface area (Å²) in [5.41, 5.74) is 5.73. The van der Waals surface area contributed by atoms with Gasteiger partial charge in [0.1, 0.15) is 11.5 Å². The van der Waals surface area contributed by atoms with Crippen LogP contribution in [0, 0.1) is 16.2 Å². The number of anilines is 1. The summed E-state index contributed by atoms with van der Waals surface area (Å²) in [4.78, 5) is 15.4. The van der Waals surface area contributed by atoms with Gasteiger partial charge >= 0.3 is 0 Å². The van der Waals surface area contributed by atoms with Crippen molar-refractivity contribution >= 4 is 33.4 Å². The predicted octanol–water partition coefficient (Wildman–Crippen LogP) is 5.15. The molecule has 0 unspecified atom stereocenters. The number of hydrogen-bond acceptors (Lipinski definition) is 3. The molecule has 0 spiro atoms. The maximum atomic E-state index is 14.0. The van der Waals surface area contributed by atoms with Gasteiger partial charge in [-0.2, -0.15) is 0 Å². The van der Waals surface area contributed by atoms with Crippen molar-refractivity contribution in [3.8, 4) is 0 Å². The number of amidine groups is 1. The molecular weight excluding hydrogens is 449 g/mol. The van der Waals surface area contributed by atoms with Crippen molar-refractivity contribution in [1.82, 2.24) is 0 Å². The van der Waals surface area contributed by atoms with Gasteiger partial charge in [0.05, 0.1) is 0 Å². The van der Waals surface area contributed by atoms with E-state index in [9.17, 15) is 14.4 Å². The van der Waals surface area contributed by atoms with Crippen LogP contribution < -0.4 is 10.6 Å². The Kier molecular flexibility index (Phi) is 4.52. The summed E-state index contributed by atoms with van der Waals surface area (Å²) >= 11 is 3.54. The lowest BCUT2D eigenvalue weighted by atomic mass is 9.41. The first-order valence-corrected chi connectivity index (χ1v) is 11.7. The molecule has 6 saturated carbocycles. The van der Waals surface area contributed by atoms with Gasteiger partial charge in [0.15, 0.2) is 0 Å². The summed E-state index contributed by atoms with van der Waals surface area (Å²) in [7, 11) is 0. The summed E-state index contributed by atoms with van der Waals surface area (Å²) in [6.07, 6.45) is 7.70. The van der Waals surface area contributed by atoms with Gasteiger partial charge in [-0.25, -0.2) is 4.39 Å². The van der Waals surface area contributed by atoms with Crippen LogP contribution >= 0.6 is 15.9 Å². The molecule has 0 aliphatic heterocycles. The SMILES string of the molecule is N/C(=N/O)C12CCC(CN(C(=O)CC34CC(F)(C3)C4)c3cccc(Br)c3)(CC1)CC2. The quantitative estimate of drug-likeness (QED) is 0.257. The minimum absolute atomic E-state index is 0.0657. The topological polar surface area (TPSA) is 78.9 Å². The van der Waals surface area contributed by atoms with E-state index in [1.165, 1.54) is 0 Å². The number of oxime groups is 1. The number of carbonyl (C=O) groups excluding carboxylic acids is 1. The number of amides is 1. The summed E-state index contributed by atoms with van der Waals surface area (Å²) in [6.45, 7) is 0.686. The fourth-order valence-electron chi connectivity index (χ4n) is 6.76. The Morgan fingerprint density at radius 2 is 1.77 bits per heavy atom. The van der Waals surface area contributed by atoms with E-state index >= 15 is 0 Å². The molecule has 0 atom stereocenters. The van der Waals surface area contributed by atoms with Crippen molar-refractivity contribution in [2.45, 2.75) is 69.9 Å². The molecular formula is C23H29BrFN3O2. The minimum Gasteiger partial charge on any atom is -0.409 e. The highest BCUT2D eigenvalue weighted by atomic mass is 79.9. The fourth-order valence-corrected chi connectivity index (χ4v) is 7.15. The average molecular weight is 478 g/mol. The molecule has 6 fully saturated rings. The molecule has 0 heterocycles. The number of hydrogen-bond donors (Lipinski definition) is 2. The van der Waals surface area contributed by atoms with Crippen LogP contribution in [-0.2, 0) is 4.79 Å². The van der Waals surface area contributed by atoms with Crippen molar-refractivity contribution < 1.29 is 14.4 Å². The largest absolute Gasteiger partial charge is 0.409 e. The third-order valence-electron chi connectivity index (χ3n) is 8.57. The number of rotatable bonds is 6. The fraction of sp³-hybridized carbons (Fsp3) is 0.652. The number of nitrogens with two attached hydrogens (primary N) is 1. The van der Waals surface area contributed by atoms with E-state index in [1.54, 1.807) is 0 Å². The maximum Gasteiger partial charge on any atom is 0.227 e. The van der Waals surface area contributed by atoms with Crippen LogP contribution in [0.2, 0.25) is 0 Å². The Morgan fingerprint density at radius 1 is 1.13 bits per heavy atom. The van der Waals surface area contributed by atoms with E-state index in [4.69, 9.17) is 5.73 Å². The highest BCUT2D eigenvalue weighted by Gasteiger charge is 2.69. The van der Waals surface area contributed by atoms with E-state index in [0.29, 0.717) is 38.1 Å². The maximum absolute atomic E-state index is 14.0. The lowest BCUT2D eigenvalue weighted by Gasteiger charge is -2.66. The second kappa shape index (κ2) is 6.68. The van der Waals surface area contributed by atoms with Gasteiger partial charge in [0.2, 0.25) is 5.91 Å². The monoisotopic (exact) mass is 477 g/mol. The normalized spacial score (nSPS) is 39.2. The van der Waals surface area contributed by atoms with Crippen LogP contribution in [0.15, 0.2) is 33.9 Å². The molecule has 5 nitrogen and oxygen atoms in total. The molecule has 1 aromatic rings. The zero-order chi connectivity index (χ0) is 21.2. The van der Waals surface area contributed by atoms with Crippen LogP contribution in [0.25, 0.3) is 0 Å². The molecule has 7 heteroatoms. The molecule has 4 bridgehead atoms. The smallest absolute Gasteiger partial charge is 0.227 e. The average Bonchev–Trinajstić information content (AvgIpc) is 2.70. The van der Waals surface area contributed by atoms with Gasteiger partial charge in [-0.15, -0.1) is 0 Å². The molecule has 7 rings (SSSR count). The first-order valence-electron chi connectivity index (χ1n) is 10.9. The van der Waals surface area contributed by atoms with Gasteiger partial charge in [0, 0.05) is 28.5 Å². The standard InChI is InChI=1S/C23H29BrFN3O2/c24-16-2-1-3-17(10-16)28(18(29)11-21-12-23(25,13-21)14-21)15-20-4-7-22(8-5-20,9-6-20)19(26)27-30/h1-3,10,30H,4-9,11-15H2,(H2,26,27). The van der Waals surface area contributed by atoms with Gasteiger partial charge in [-0.05, 0) is 86.8 Å². The van der Waals surface area contributed by atoms with Crippen molar-refractivity contribution in [3.05, 3.63) is 28.7 Å². The van der Waals surface area contributed by atoms with Gasteiger partial charge in [-0.1, -0.05) is 27.2 Å². The Hall–Kier alpha value is -1.63. The van der Waals surface area contributed by atoms with Crippen molar-refractivity contribution in [3.63, 3.8) is 0 Å². The Balaban J connectivity index is 1.36. The third kappa shape index (κ3) is 3.15. The highest BCUT2D eigenvalue weighted by molar-refractivity contribution is 9.10. The van der Waals surface area contributed by atoms with Crippen LogP contribution in [-0.4, -0.2) is 29.2 Å². The molecule has 162 valence electrons. The summed E-state index contributed by atoms with van der Waals surface area (Å²) in [5.74, 6) is 0.475. The molecule has 1 amide bonds. The Bertz CT molecular complexity index is 873. The number of carbonyl (C=O) groups is 1. The molecule has 1 aromatic carbocycles. The van der Waals surface area contributed by atoms with Gasteiger partial charge in [0.25, 0.3) is 0 Å². The molecule has 0 aromatic heterocycles. The predicted molar refractivity (Wildman–Crippen MR) is 117 cm³/mol. The second-order valence-electron chi connectivity index (χ2n) is 10.6. The van der Waals surface area contributed by atoms with Crippen LogP contribution in [0.4, 0.5) is 10.1 Å². The highest BCUT2D eigenvalue weighted by Crippen LogP contribution is 2.71. The van der Waals surface area contributed by atoms with Crippen LogP contribution in [0.3, 0.4) is 0 Å². The summed E-state index contributed by atoms with van der Waals surface area (Å²) < 4.78 is 14.9. The lowest BCUT2D eigenvalue weighted by Crippen LogP contribution is -2.65. The van der Waals surface area contributed by atoms with Crippen molar-refractivity contribution in [1.29, 1.82) is 0 Å². The zero-order valence-electron chi connectivity index (χ0n) is 17.2. The molecule has 6 aliphatic rings.